The summed E-state index contributed by atoms with van der Waals surface area (Å²) in [6.07, 6.45) is 0. The van der Waals surface area contributed by atoms with Crippen LogP contribution < -0.4 is 10.5 Å². The molecule has 0 bridgehead atoms. The van der Waals surface area contributed by atoms with Crippen LogP contribution in [0.5, 0.6) is 5.75 Å². The highest BCUT2D eigenvalue weighted by Crippen LogP contribution is 2.28. The molecular formula is C12H17NO3. The van der Waals surface area contributed by atoms with Gasteiger partial charge < -0.3 is 15.6 Å². The van der Waals surface area contributed by atoms with Gasteiger partial charge in [-0.3, -0.25) is 4.79 Å². The summed E-state index contributed by atoms with van der Waals surface area (Å²) in [7, 11) is 1.57. The molecule has 0 aromatic heterocycles. The number of methoxy groups -OCH3 is 1. The van der Waals surface area contributed by atoms with E-state index in [-0.39, 0.29) is 0 Å². The van der Waals surface area contributed by atoms with E-state index in [1.807, 2.05) is 24.3 Å². The van der Waals surface area contributed by atoms with Crippen molar-refractivity contribution in [2.24, 2.45) is 5.73 Å². The lowest BCUT2D eigenvalue weighted by Crippen LogP contribution is -2.46. The molecular weight excluding hydrogens is 206 g/mol. The van der Waals surface area contributed by atoms with Crippen LogP contribution in [0.4, 0.5) is 0 Å². The molecule has 0 spiro atoms. The van der Waals surface area contributed by atoms with Gasteiger partial charge in [-0.1, -0.05) is 26.0 Å². The van der Waals surface area contributed by atoms with Gasteiger partial charge in [-0.15, -0.1) is 0 Å². The minimum atomic E-state index is -1.01. The highest BCUT2D eigenvalue weighted by Gasteiger charge is 2.33. The number of hydrogen-bond donors (Lipinski definition) is 2. The van der Waals surface area contributed by atoms with E-state index in [2.05, 4.69) is 0 Å². The van der Waals surface area contributed by atoms with E-state index in [0.717, 1.165) is 5.56 Å². The van der Waals surface area contributed by atoms with E-state index in [4.69, 9.17) is 15.6 Å². The average molecular weight is 223 g/mol. The summed E-state index contributed by atoms with van der Waals surface area (Å²) in [6, 6.07) is 6.35. The molecule has 0 aliphatic rings. The molecule has 0 amide bonds. The lowest BCUT2D eigenvalue weighted by atomic mass is 9.78. The Hall–Kier alpha value is -1.55. The van der Waals surface area contributed by atoms with Gasteiger partial charge in [0.05, 0.1) is 7.11 Å². The number of hydrogen-bond acceptors (Lipinski definition) is 3. The van der Waals surface area contributed by atoms with Crippen molar-refractivity contribution >= 4 is 5.97 Å². The predicted molar refractivity (Wildman–Crippen MR) is 61.6 cm³/mol. The summed E-state index contributed by atoms with van der Waals surface area (Å²) < 4.78 is 5.10. The molecule has 1 rings (SSSR count). The van der Waals surface area contributed by atoms with Crippen LogP contribution in [0.25, 0.3) is 0 Å². The number of aliphatic carboxylic acids is 1. The van der Waals surface area contributed by atoms with Gasteiger partial charge in [0, 0.05) is 5.41 Å². The molecule has 0 heterocycles. The van der Waals surface area contributed by atoms with Crippen LogP contribution in [0.2, 0.25) is 0 Å². The first-order chi connectivity index (χ1) is 7.39. The third-order valence-corrected chi connectivity index (χ3v) is 2.86. The molecule has 16 heavy (non-hydrogen) atoms. The molecule has 1 unspecified atom stereocenters. The van der Waals surface area contributed by atoms with Crippen LogP contribution in [0.3, 0.4) is 0 Å². The smallest absolute Gasteiger partial charge is 0.321 e. The molecule has 0 fully saturated rings. The Labute approximate surface area is 95.0 Å². The number of carboxylic acids is 1. The number of ether oxygens (including phenoxy) is 1. The highest BCUT2D eigenvalue weighted by molar-refractivity contribution is 5.75. The molecule has 0 aliphatic heterocycles. The second-order valence-corrected chi connectivity index (χ2v) is 4.27. The molecule has 0 aliphatic carbocycles. The first-order valence-corrected chi connectivity index (χ1v) is 5.02. The van der Waals surface area contributed by atoms with E-state index in [0.29, 0.717) is 5.75 Å². The van der Waals surface area contributed by atoms with E-state index >= 15 is 0 Å². The Kier molecular flexibility index (Phi) is 3.55. The summed E-state index contributed by atoms with van der Waals surface area (Å²) in [5.74, 6) is -0.309. The fourth-order valence-electron chi connectivity index (χ4n) is 1.51. The van der Waals surface area contributed by atoms with Crippen LogP contribution in [-0.4, -0.2) is 24.2 Å². The van der Waals surface area contributed by atoms with Gasteiger partial charge >= 0.3 is 5.97 Å². The maximum Gasteiger partial charge on any atom is 0.321 e. The van der Waals surface area contributed by atoms with Crippen LogP contribution in [0, 0.1) is 0 Å². The molecule has 1 aromatic carbocycles. The minimum Gasteiger partial charge on any atom is -0.497 e. The van der Waals surface area contributed by atoms with Crippen molar-refractivity contribution in [3.63, 3.8) is 0 Å². The fourth-order valence-corrected chi connectivity index (χ4v) is 1.51. The molecule has 88 valence electrons. The van der Waals surface area contributed by atoms with Gasteiger partial charge in [-0.2, -0.15) is 0 Å². The van der Waals surface area contributed by atoms with E-state index in [9.17, 15) is 4.79 Å². The van der Waals surface area contributed by atoms with Gasteiger partial charge in [0.25, 0.3) is 0 Å². The summed E-state index contributed by atoms with van der Waals surface area (Å²) in [6.45, 7) is 3.61. The number of nitrogens with two attached hydrogens (primary N) is 1. The van der Waals surface area contributed by atoms with Gasteiger partial charge in [0.1, 0.15) is 11.8 Å². The van der Waals surface area contributed by atoms with Gasteiger partial charge in [-0.05, 0) is 17.7 Å². The van der Waals surface area contributed by atoms with Gasteiger partial charge in [-0.25, -0.2) is 0 Å². The van der Waals surface area contributed by atoms with Crippen molar-refractivity contribution in [2.75, 3.05) is 7.11 Å². The Morgan fingerprint density at radius 1 is 1.50 bits per heavy atom. The number of benzene rings is 1. The van der Waals surface area contributed by atoms with Crippen molar-refractivity contribution < 1.29 is 14.6 Å². The van der Waals surface area contributed by atoms with Gasteiger partial charge in [0.15, 0.2) is 0 Å². The Balaban J connectivity index is 3.10. The second kappa shape index (κ2) is 4.53. The number of carbonyl (C=O) groups is 1. The summed E-state index contributed by atoms with van der Waals surface area (Å²) in [5.41, 5.74) is 5.89. The Morgan fingerprint density at radius 3 is 2.62 bits per heavy atom. The van der Waals surface area contributed by atoms with Crippen molar-refractivity contribution in [3.05, 3.63) is 29.8 Å². The van der Waals surface area contributed by atoms with Gasteiger partial charge in [0.2, 0.25) is 0 Å². The molecule has 1 atom stereocenters. The standard InChI is InChI=1S/C12H17NO3/c1-12(2,10(13)11(14)15)8-5-4-6-9(7-8)16-3/h4-7,10H,13H2,1-3H3,(H,14,15). The average Bonchev–Trinajstić information content (AvgIpc) is 2.27. The summed E-state index contributed by atoms with van der Waals surface area (Å²) in [4.78, 5) is 10.9. The van der Waals surface area contributed by atoms with Crippen molar-refractivity contribution in [3.8, 4) is 5.75 Å². The van der Waals surface area contributed by atoms with Crippen LogP contribution >= 0.6 is 0 Å². The van der Waals surface area contributed by atoms with E-state index in [1.165, 1.54) is 0 Å². The molecule has 1 aromatic rings. The zero-order valence-electron chi connectivity index (χ0n) is 9.73. The maximum absolute atomic E-state index is 10.9. The SMILES string of the molecule is COc1cccc(C(C)(C)C(N)C(=O)O)c1. The monoisotopic (exact) mass is 223 g/mol. The zero-order chi connectivity index (χ0) is 12.3. The molecule has 4 nitrogen and oxygen atoms in total. The molecule has 0 saturated carbocycles. The predicted octanol–water partition coefficient (Wildman–Crippen LogP) is 1.38. The van der Waals surface area contributed by atoms with E-state index < -0.39 is 17.4 Å². The first-order valence-electron chi connectivity index (χ1n) is 5.02. The van der Waals surface area contributed by atoms with Crippen LogP contribution in [0.15, 0.2) is 24.3 Å². The van der Waals surface area contributed by atoms with Crippen molar-refractivity contribution in [1.29, 1.82) is 0 Å². The highest BCUT2D eigenvalue weighted by atomic mass is 16.5. The quantitative estimate of drug-likeness (QED) is 0.809. The first kappa shape index (κ1) is 12.5. The lowest BCUT2D eigenvalue weighted by Gasteiger charge is -2.29. The maximum atomic E-state index is 10.9. The minimum absolute atomic E-state index is 0.639. The summed E-state index contributed by atoms with van der Waals surface area (Å²) in [5, 5.41) is 8.95. The largest absolute Gasteiger partial charge is 0.497 e. The molecule has 0 saturated heterocycles. The fraction of sp³-hybridized carbons (Fsp3) is 0.417. The second-order valence-electron chi connectivity index (χ2n) is 4.27. The Morgan fingerprint density at radius 2 is 2.12 bits per heavy atom. The molecule has 0 radical (unpaired) electrons. The van der Waals surface area contributed by atoms with E-state index in [1.54, 1.807) is 21.0 Å². The van der Waals surface area contributed by atoms with Crippen molar-refractivity contribution in [2.45, 2.75) is 25.3 Å². The normalized spacial score (nSPS) is 13.2. The molecule has 3 N–H and O–H groups in total. The zero-order valence-corrected chi connectivity index (χ0v) is 9.73. The number of rotatable bonds is 4. The Bertz CT molecular complexity index is 388. The molecule has 4 heteroatoms. The van der Waals surface area contributed by atoms with Crippen molar-refractivity contribution in [1.82, 2.24) is 0 Å². The lowest BCUT2D eigenvalue weighted by molar-refractivity contribution is -0.140. The van der Waals surface area contributed by atoms with Crippen LogP contribution in [0.1, 0.15) is 19.4 Å². The topological polar surface area (TPSA) is 72.5 Å². The number of carboxylic acid groups (broad SMARTS) is 1. The van der Waals surface area contributed by atoms with Crippen LogP contribution in [-0.2, 0) is 10.2 Å². The summed E-state index contributed by atoms with van der Waals surface area (Å²) >= 11 is 0. The third kappa shape index (κ3) is 2.33. The third-order valence-electron chi connectivity index (χ3n) is 2.86.